The van der Waals surface area contributed by atoms with Gasteiger partial charge in [0, 0.05) is 29.6 Å². The lowest BCUT2D eigenvalue weighted by molar-refractivity contribution is -0.149. The van der Waals surface area contributed by atoms with Crippen LogP contribution in [0.5, 0.6) is 0 Å². The largest absolute Gasteiger partial charge is 0.349 e. The topological polar surface area (TPSA) is 94.4 Å². The molecule has 2 heterocycles. The molecule has 1 aromatic heterocycles. The normalized spacial score (nSPS) is 16.2. The summed E-state index contributed by atoms with van der Waals surface area (Å²) in [6.07, 6.45) is 1.72. The van der Waals surface area contributed by atoms with Crippen LogP contribution in [0.1, 0.15) is 64.5 Å². The Balaban J connectivity index is 2.27. The summed E-state index contributed by atoms with van der Waals surface area (Å²) in [5, 5.41) is 10.7. The number of anilines is 1. The minimum absolute atomic E-state index is 0.133. The fraction of sp³-hybridized carbons (Fsp3) is 0.433. The van der Waals surface area contributed by atoms with E-state index in [0.717, 1.165) is 50.4 Å². The highest BCUT2D eigenvalue weighted by atomic mass is 32.1. The molecule has 0 fully saturated rings. The number of carbonyl (C=O) groups is 3. The fourth-order valence-corrected chi connectivity index (χ4v) is 5.85. The molecular formula is C30H36N4O3S. The molecule has 3 rings (SSSR count). The van der Waals surface area contributed by atoms with E-state index >= 15 is 0 Å². The number of benzene rings is 1. The van der Waals surface area contributed by atoms with Crippen molar-refractivity contribution in [1.29, 1.82) is 5.26 Å². The number of hydrogen-bond acceptors (Lipinski definition) is 7. The summed E-state index contributed by atoms with van der Waals surface area (Å²) < 4.78 is 0. The summed E-state index contributed by atoms with van der Waals surface area (Å²) in [6, 6.07) is 7.16. The second kappa shape index (κ2) is 11.0. The van der Waals surface area contributed by atoms with Crippen molar-refractivity contribution in [2.45, 2.75) is 68.4 Å². The summed E-state index contributed by atoms with van der Waals surface area (Å²) in [6.45, 7) is 18.1. The molecule has 0 N–H and O–H groups in total. The van der Waals surface area contributed by atoms with Crippen LogP contribution >= 0.6 is 11.3 Å². The Bertz CT molecular complexity index is 1380. The number of nitrogens with zero attached hydrogens (tertiary/aromatic N) is 4. The zero-order valence-corrected chi connectivity index (χ0v) is 24.5. The van der Waals surface area contributed by atoms with E-state index in [4.69, 9.17) is 4.98 Å². The van der Waals surface area contributed by atoms with Gasteiger partial charge in [-0.05, 0) is 65.3 Å². The van der Waals surface area contributed by atoms with Gasteiger partial charge < -0.3 is 4.90 Å². The number of amides is 2. The molecule has 0 spiro atoms. The van der Waals surface area contributed by atoms with Crippen LogP contribution in [0.4, 0.5) is 5.13 Å². The van der Waals surface area contributed by atoms with Crippen molar-refractivity contribution >= 4 is 40.1 Å². The molecule has 2 amide bonds. The van der Waals surface area contributed by atoms with Crippen molar-refractivity contribution in [3.8, 4) is 17.3 Å². The Morgan fingerprint density at radius 2 is 1.68 bits per heavy atom. The van der Waals surface area contributed by atoms with Crippen LogP contribution < -0.4 is 4.90 Å². The van der Waals surface area contributed by atoms with E-state index in [1.807, 2.05) is 19.9 Å². The summed E-state index contributed by atoms with van der Waals surface area (Å²) in [5.74, 6) is -1.58. The summed E-state index contributed by atoms with van der Waals surface area (Å²) in [7, 11) is 0. The van der Waals surface area contributed by atoms with Crippen LogP contribution in [0.3, 0.4) is 0 Å². The van der Waals surface area contributed by atoms with Gasteiger partial charge in [0.05, 0.1) is 16.6 Å². The van der Waals surface area contributed by atoms with Gasteiger partial charge in [-0.3, -0.25) is 19.3 Å². The van der Waals surface area contributed by atoms with Gasteiger partial charge in [0.1, 0.15) is 11.6 Å². The number of Topliss-reactive ketones (excluding diaryl/α,β-unsaturated/α-hetero) is 1. The number of aryl methyl sites for hydroxylation is 2. The van der Waals surface area contributed by atoms with Crippen LogP contribution in [-0.4, -0.2) is 46.6 Å². The molecular weight excluding hydrogens is 496 g/mol. The van der Waals surface area contributed by atoms with Crippen LogP contribution in [0.15, 0.2) is 34.9 Å². The molecule has 38 heavy (non-hydrogen) atoms. The molecule has 0 radical (unpaired) electrons. The molecule has 1 aliphatic rings. The number of rotatable bonds is 7. The molecule has 1 aromatic carbocycles. The van der Waals surface area contributed by atoms with E-state index in [0.29, 0.717) is 5.57 Å². The smallest absolute Gasteiger partial charge is 0.272 e. The summed E-state index contributed by atoms with van der Waals surface area (Å²) in [4.78, 5) is 48.9. The van der Waals surface area contributed by atoms with Crippen LogP contribution in [-0.2, 0) is 14.4 Å². The van der Waals surface area contributed by atoms with Gasteiger partial charge in [-0.1, -0.05) is 49.3 Å². The zero-order chi connectivity index (χ0) is 28.5. The van der Waals surface area contributed by atoms with E-state index < -0.39 is 23.3 Å². The molecule has 0 saturated heterocycles. The second-order valence-corrected chi connectivity index (χ2v) is 11.7. The SMILES string of the molecule is CCN(CC)c1nc(-c2cc(C)cc(C)c2)c(/C=C2\C(=O)N(C(C)C(=O)C(C)(C)C)C(=O)C(C#N)=C2C)s1. The third kappa shape index (κ3) is 5.48. The van der Waals surface area contributed by atoms with E-state index in [1.54, 1.807) is 40.7 Å². The van der Waals surface area contributed by atoms with Crippen molar-refractivity contribution in [2.75, 3.05) is 18.0 Å². The van der Waals surface area contributed by atoms with E-state index in [-0.39, 0.29) is 16.9 Å². The van der Waals surface area contributed by atoms with E-state index in [2.05, 4.69) is 36.9 Å². The number of ketones is 1. The number of hydrogen-bond donors (Lipinski definition) is 0. The Morgan fingerprint density at radius 3 is 2.18 bits per heavy atom. The van der Waals surface area contributed by atoms with Crippen molar-refractivity contribution in [1.82, 2.24) is 9.88 Å². The maximum absolute atomic E-state index is 13.8. The minimum Gasteiger partial charge on any atom is -0.349 e. The maximum atomic E-state index is 13.8. The van der Waals surface area contributed by atoms with Gasteiger partial charge in [-0.15, -0.1) is 0 Å². The summed E-state index contributed by atoms with van der Waals surface area (Å²) in [5.41, 5.74) is 3.48. The first-order valence-corrected chi connectivity index (χ1v) is 13.7. The first-order valence-electron chi connectivity index (χ1n) is 12.8. The Kier molecular flexibility index (Phi) is 8.42. The van der Waals surface area contributed by atoms with Crippen LogP contribution in [0, 0.1) is 30.6 Å². The fourth-order valence-electron chi connectivity index (χ4n) is 4.69. The number of aromatic nitrogens is 1. The lowest BCUT2D eigenvalue weighted by Gasteiger charge is -2.34. The molecule has 2 aromatic rings. The van der Waals surface area contributed by atoms with Gasteiger partial charge in [-0.2, -0.15) is 5.26 Å². The van der Waals surface area contributed by atoms with Gasteiger partial charge in [0.2, 0.25) is 0 Å². The predicted octanol–water partition coefficient (Wildman–Crippen LogP) is 5.87. The molecule has 0 aliphatic carbocycles. The number of carbonyl (C=O) groups excluding carboxylic acids is 3. The monoisotopic (exact) mass is 532 g/mol. The number of thiazole rings is 1. The van der Waals surface area contributed by atoms with Gasteiger partial charge >= 0.3 is 0 Å². The average molecular weight is 533 g/mol. The van der Waals surface area contributed by atoms with Gasteiger partial charge in [0.25, 0.3) is 11.8 Å². The molecule has 1 unspecified atom stereocenters. The second-order valence-electron chi connectivity index (χ2n) is 10.7. The minimum atomic E-state index is -1.01. The molecule has 1 aliphatic heterocycles. The van der Waals surface area contributed by atoms with Crippen LogP contribution in [0.2, 0.25) is 0 Å². The Labute approximate surface area is 229 Å². The number of nitriles is 1. The number of imide groups is 1. The van der Waals surface area contributed by atoms with Crippen molar-refractivity contribution < 1.29 is 14.4 Å². The zero-order valence-electron chi connectivity index (χ0n) is 23.7. The molecule has 1 atom stereocenters. The first kappa shape index (κ1) is 29.0. The van der Waals surface area contributed by atoms with Gasteiger partial charge in [0.15, 0.2) is 10.9 Å². The molecule has 8 heteroatoms. The highest BCUT2D eigenvalue weighted by molar-refractivity contribution is 7.17. The van der Waals surface area contributed by atoms with E-state index in [1.165, 1.54) is 11.3 Å². The molecule has 200 valence electrons. The maximum Gasteiger partial charge on any atom is 0.272 e. The molecule has 0 saturated carbocycles. The Hall–Kier alpha value is -3.57. The predicted molar refractivity (Wildman–Crippen MR) is 153 cm³/mol. The highest BCUT2D eigenvalue weighted by Gasteiger charge is 2.42. The molecule has 7 nitrogen and oxygen atoms in total. The lowest BCUT2D eigenvalue weighted by atomic mass is 9.85. The summed E-state index contributed by atoms with van der Waals surface area (Å²) >= 11 is 1.46. The lowest BCUT2D eigenvalue weighted by Crippen LogP contribution is -2.53. The van der Waals surface area contributed by atoms with Crippen molar-refractivity contribution in [3.63, 3.8) is 0 Å². The first-order chi connectivity index (χ1) is 17.7. The third-order valence-electron chi connectivity index (χ3n) is 6.73. The van der Waals surface area contributed by atoms with Crippen molar-refractivity contribution in [3.05, 3.63) is 50.9 Å². The Morgan fingerprint density at radius 1 is 1.11 bits per heavy atom. The van der Waals surface area contributed by atoms with E-state index in [9.17, 15) is 19.6 Å². The third-order valence-corrected chi connectivity index (χ3v) is 7.79. The highest BCUT2D eigenvalue weighted by Crippen LogP contribution is 2.38. The average Bonchev–Trinajstić information content (AvgIpc) is 3.24. The quantitative estimate of drug-likeness (QED) is 0.327. The molecule has 0 bridgehead atoms. The van der Waals surface area contributed by atoms with Crippen molar-refractivity contribution in [2.24, 2.45) is 5.41 Å². The van der Waals surface area contributed by atoms with Gasteiger partial charge in [-0.25, -0.2) is 4.98 Å². The standard InChI is InChI=1S/C30H36N4O3S/c1-10-33(11-2)29-32-25(21-13-17(3)12-18(4)14-21)24(38-29)15-22-19(5)23(16-31)28(37)34(27(22)36)20(6)26(35)30(7,8)9/h12-15,20H,10-11H2,1-9H3/b22-15-. The van der Waals surface area contributed by atoms with Crippen LogP contribution in [0.25, 0.3) is 17.3 Å².